The number of halogens is 1. The molecule has 3 amide bonds. The van der Waals surface area contributed by atoms with Gasteiger partial charge in [0, 0.05) is 11.4 Å². The molecule has 3 rings (SSSR count). The Hall–Kier alpha value is -2.45. The maximum absolute atomic E-state index is 12.8. The van der Waals surface area contributed by atoms with E-state index in [-0.39, 0.29) is 12.4 Å². The largest absolute Gasteiger partial charge is 0.354 e. The van der Waals surface area contributed by atoms with Crippen LogP contribution in [-0.2, 0) is 16.0 Å². The Labute approximate surface area is 157 Å². The fourth-order valence-electron chi connectivity index (χ4n) is 2.34. The average molecular weight is 390 g/mol. The molecule has 0 unspecified atom stereocenters. The van der Waals surface area contributed by atoms with Crippen molar-refractivity contribution in [1.82, 2.24) is 10.2 Å². The van der Waals surface area contributed by atoms with Crippen molar-refractivity contribution in [3.63, 3.8) is 0 Å². The molecule has 1 N–H and O–H groups in total. The lowest BCUT2D eigenvalue weighted by Crippen LogP contribution is -2.40. The van der Waals surface area contributed by atoms with Gasteiger partial charge in [0.25, 0.3) is 11.1 Å². The summed E-state index contributed by atoms with van der Waals surface area (Å²) in [7, 11) is 0. The van der Waals surface area contributed by atoms with Crippen LogP contribution in [-0.4, -0.2) is 35.0 Å². The highest BCUT2D eigenvalue weighted by Gasteiger charge is 2.36. The number of imide groups is 1. The second-order valence-electron chi connectivity index (χ2n) is 5.51. The van der Waals surface area contributed by atoms with Crippen molar-refractivity contribution in [3.8, 4) is 0 Å². The molecule has 5 nitrogen and oxygen atoms in total. The zero-order valence-electron chi connectivity index (χ0n) is 13.6. The average Bonchev–Trinajstić information content (AvgIpc) is 3.21. The van der Waals surface area contributed by atoms with Gasteiger partial charge in [0.05, 0.1) is 4.91 Å². The third kappa shape index (κ3) is 4.59. The number of nitrogens with zero attached hydrogens (tertiary/aromatic N) is 1. The van der Waals surface area contributed by atoms with Crippen LogP contribution in [0.2, 0.25) is 0 Å². The van der Waals surface area contributed by atoms with Crippen molar-refractivity contribution < 1.29 is 18.8 Å². The molecule has 1 aliphatic heterocycles. The van der Waals surface area contributed by atoms with Crippen LogP contribution in [0.3, 0.4) is 0 Å². The van der Waals surface area contributed by atoms with Gasteiger partial charge in [-0.05, 0) is 53.4 Å². The minimum absolute atomic E-state index is 0.310. The van der Waals surface area contributed by atoms with E-state index in [4.69, 9.17) is 0 Å². The molecule has 0 radical (unpaired) electrons. The third-order valence-electron chi connectivity index (χ3n) is 3.64. The summed E-state index contributed by atoms with van der Waals surface area (Å²) in [5, 5.41) is 4.10. The van der Waals surface area contributed by atoms with Crippen LogP contribution in [0.4, 0.5) is 9.18 Å². The van der Waals surface area contributed by atoms with E-state index in [1.165, 1.54) is 23.5 Å². The number of hydrogen-bond donors (Lipinski definition) is 1. The van der Waals surface area contributed by atoms with Gasteiger partial charge in [0.15, 0.2) is 0 Å². The van der Waals surface area contributed by atoms with Crippen LogP contribution < -0.4 is 5.32 Å². The predicted octanol–water partition coefficient (Wildman–Crippen LogP) is 3.28. The molecular weight excluding hydrogens is 375 g/mol. The Morgan fingerprint density at radius 1 is 1.19 bits per heavy atom. The number of thioether (sulfide) groups is 1. The van der Waals surface area contributed by atoms with E-state index >= 15 is 0 Å². The third-order valence-corrected chi connectivity index (χ3v) is 5.37. The Bertz CT molecular complexity index is 848. The van der Waals surface area contributed by atoms with Crippen LogP contribution in [0.15, 0.2) is 46.7 Å². The van der Waals surface area contributed by atoms with E-state index in [0.717, 1.165) is 27.1 Å². The number of thiophene rings is 1. The lowest BCUT2D eigenvalue weighted by Gasteiger charge is -2.12. The van der Waals surface area contributed by atoms with E-state index in [9.17, 15) is 18.8 Å². The summed E-state index contributed by atoms with van der Waals surface area (Å²) >= 11 is 2.30. The van der Waals surface area contributed by atoms with Crippen LogP contribution in [0.25, 0.3) is 6.08 Å². The highest BCUT2D eigenvalue weighted by Crippen LogP contribution is 2.32. The molecule has 2 aromatic rings. The smallest absolute Gasteiger partial charge is 0.294 e. The Morgan fingerprint density at radius 2 is 1.96 bits per heavy atom. The first-order valence-corrected chi connectivity index (χ1v) is 9.52. The first-order chi connectivity index (χ1) is 12.5. The zero-order valence-corrected chi connectivity index (χ0v) is 15.2. The van der Waals surface area contributed by atoms with E-state index in [2.05, 4.69) is 5.32 Å². The molecule has 8 heteroatoms. The van der Waals surface area contributed by atoms with Crippen LogP contribution >= 0.6 is 23.1 Å². The number of benzene rings is 1. The number of hydrogen-bond acceptors (Lipinski definition) is 5. The van der Waals surface area contributed by atoms with Crippen molar-refractivity contribution in [1.29, 1.82) is 0 Å². The van der Waals surface area contributed by atoms with E-state index < -0.39 is 17.1 Å². The maximum atomic E-state index is 12.8. The standard InChI is InChI=1S/C18H15FN2O3S2/c19-13-5-3-12(4-6-13)7-8-20-16(22)11-21-17(23)15(26-18(21)24)10-14-2-1-9-25-14/h1-6,9-10H,7-8,11H2,(H,20,22)/b15-10-. The second kappa shape index (κ2) is 8.29. The van der Waals surface area contributed by atoms with Crippen molar-refractivity contribution in [3.05, 3.63) is 62.9 Å². The molecule has 134 valence electrons. The van der Waals surface area contributed by atoms with E-state index in [1.54, 1.807) is 18.2 Å². The molecular formula is C18H15FN2O3S2. The summed E-state index contributed by atoms with van der Waals surface area (Å²) in [6, 6.07) is 9.71. The molecule has 1 saturated heterocycles. The molecule has 2 heterocycles. The van der Waals surface area contributed by atoms with Gasteiger partial charge in [-0.15, -0.1) is 11.3 Å². The maximum Gasteiger partial charge on any atom is 0.294 e. The summed E-state index contributed by atoms with van der Waals surface area (Å²) < 4.78 is 12.8. The van der Waals surface area contributed by atoms with Crippen molar-refractivity contribution in [2.24, 2.45) is 0 Å². The van der Waals surface area contributed by atoms with Gasteiger partial charge >= 0.3 is 0 Å². The van der Waals surface area contributed by atoms with Gasteiger partial charge in [-0.1, -0.05) is 18.2 Å². The van der Waals surface area contributed by atoms with Gasteiger partial charge in [0.1, 0.15) is 12.4 Å². The topological polar surface area (TPSA) is 66.5 Å². The molecule has 1 fully saturated rings. The first kappa shape index (κ1) is 18.3. The predicted molar refractivity (Wildman–Crippen MR) is 100 cm³/mol. The monoisotopic (exact) mass is 390 g/mol. The summed E-state index contributed by atoms with van der Waals surface area (Å²) in [6.45, 7) is 0.0294. The molecule has 1 aliphatic rings. The lowest BCUT2D eigenvalue weighted by molar-refractivity contribution is -0.129. The molecule has 0 atom stereocenters. The minimum atomic E-state index is -0.456. The molecule has 26 heavy (non-hydrogen) atoms. The summed E-state index contributed by atoms with van der Waals surface area (Å²) in [6.07, 6.45) is 2.19. The molecule has 1 aromatic carbocycles. The highest BCUT2D eigenvalue weighted by molar-refractivity contribution is 8.18. The van der Waals surface area contributed by atoms with E-state index in [0.29, 0.717) is 17.9 Å². The number of rotatable bonds is 6. The molecule has 0 bridgehead atoms. The Kier molecular flexibility index (Phi) is 5.85. The van der Waals surface area contributed by atoms with Crippen LogP contribution in [0, 0.1) is 5.82 Å². The Morgan fingerprint density at radius 3 is 2.65 bits per heavy atom. The fraction of sp³-hybridized carbons (Fsp3) is 0.167. The molecule has 0 spiro atoms. The summed E-state index contributed by atoms with van der Waals surface area (Å²) in [4.78, 5) is 38.5. The summed E-state index contributed by atoms with van der Waals surface area (Å²) in [5.41, 5.74) is 0.886. The fourth-order valence-corrected chi connectivity index (χ4v) is 3.90. The van der Waals surface area contributed by atoms with Crippen molar-refractivity contribution >= 4 is 46.2 Å². The molecule has 1 aromatic heterocycles. The first-order valence-electron chi connectivity index (χ1n) is 7.83. The second-order valence-corrected chi connectivity index (χ2v) is 7.48. The lowest BCUT2D eigenvalue weighted by atomic mass is 10.1. The van der Waals surface area contributed by atoms with Gasteiger partial charge in [-0.3, -0.25) is 19.3 Å². The number of carbonyl (C=O) groups excluding carboxylic acids is 3. The van der Waals surface area contributed by atoms with Gasteiger partial charge in [0.2, 0.25) is 5.91 Å². The number of nitrogens with one attached hydrogen (secondary N) is 1. The normalized spacial score (nSPS) is 15.7. The van der Waals surface area contributed by atoms with Crippen molar-refractivity contribution in [2.45, 2.75) is 6.42 Å². The summed E-state index contributed by atoms with van der Waals surface area (Å²) in [5.74, 6) is -1.18. The number of carbonyl (C=O) groups is 3. The van der Waals surface area contributed by atoms with Crippen LogP contribution in [0.1, 0.15) is 10.4 Å². The minimum Gasteiger partial charge on any atom is -0.354 e. The van der Waals surface area contributed by atoms with Crippen LogP contribution in [0.5, 0.6) is 0 Å². The zero-order chi connectivity index (χ0) is 18.5. The molecule has 0 aliphatic carbocycles. The van der Waals surface area contributed by atoms with Gasteiger partial charge in [-0.2, -0.15) is 0 Å². The Balaban J connectivity index is 1.51. The number of amides is 3. The van der Waals surface area contributed by atoms with E-state index in [1.807, 2.05) is 17.5 Å². The van der Waals surface area contributed by atoms with Gasteiger partial charge in [-0.25, -0.2) is 4.39 Å². The van der Waals surface area contributed by atoms with Crippen molar-refractivity contribution in [2.75, 3.05) is 13.1 Å². The molecule has 0 saturated carbocycles. The SMILES string of the molecule is O=C(CN1C(=O)S/C(=C\c2cccs2)C1=O)NCCc1ccc(F)cc1. The quantitative estimate of drug-likeness (QED) is 0.769. The highest BCUT2D eigenvalue weighted by atomic mass is 32.2. The van der Waals surface area contributed by atoms with Gasteiger partial charge < -0.3 is 5.32 Å².